The number of aliphatic hydroxyl groups excluding tert-OH is 2. The van der Waals surface area contributed by atoms with Crippen LogP contribution in [0.1, 0.15) is 25.7 Å². The highest BCUT2D eigenvalue weighted by Gasteiger charge is 2.11. The number of nitrogens with zero attached hydrogens (tertiary/aromatic N) is 2. The van der Waals surface area contributed by atoms with Crippen molar-refractivity contribution in [2.75, 3.05) is 52.5 Å². The van der Waals surface area contributed by atoms with Gasteiger partial charge in [0, 0.05) is 32.8 Å². The maximum atomic E-state index is 8.96. The highest BCUT2D eigenvalue weighted by atomic mass is 16.3. The molecule has 0 saturated carbocycles. The van der Waals surface area contributed by atoms with Crippen molar-refractivity contribution in [2.24, 2.45) is 0 Å². The number of hydrogen-bond acceptors (Lipinski definition) is 4. The Kier molecular flexibility index (Phi) is 7.76. The largest absolute Gasteiger partial charge is 0.396 e. The van der Waals surface area contributed by atoms with E-state index in [1.807, 2.05) is 0 Å². The van der Waals surface area contributed by atoms with E-state index in [4.69, 9.17) is 10.2 Å². The van der Waals surface area contributed by atoms with Gasteiger partial charge in [-0.2, -0.15) is 0 Å². The standard InChI is InChI=1S/C12H26N2O2/c15-11-4-7-14(10-12-16)9-8-13-5-2-1-3-6-13/h15-16H,1-12H2. The van der Waals surface area contributed by atoms with Gasteiger partial charge in [0.1, 0.15) is 0 Å². The van der Waals surface area contributed by atoms with Gasteiger partial charge in [0.2, 0.25) is 0 Å². The lowest BCUT2D eigenvalue weighted by Gasteiger charge is -2.29. The van der Waals surface area contributed by atoms with Crippen LogP contribution in [0, 0.1) is 0 Å². The van der Waals surface area contributed by atoms with Crippen molar-refractivity contribution in [3.05, 3.63) is 0 Å². The normalized spacial score (nSPS) is 18.2. The molecule has 0 aromatic carbocycles. The second kappa shape index (κ2) is 8.93. The first-order valence-electron chi connectivity index (χ1n) is 6.53. The number of likely N-dealkylation sites (tertiary alicyclic amines) is 1. The van der Waals surface area contributed by atoms with Gasteiger partial charge >= 0.3 is 0 Å². The minimum absolute atomic E-state index is 0.214. The number of hydrogen-bond donors (Lipinski definition) is 2. The zero-order chi connectivity index (χ0) is 11.6. The molecule has 0 radical (unpaired) electrons. The molecule has 0 amide bonds. The third-order valence-corrected chi connectivity index (χ3v) is 3.23. The quantitative estimate of drug-likeness (QED) is 0.623. The molecule has 0 aliphatic carbocycles. The first-order valence-corrected chi connectivity index (χ1v) is 6.53. The molecule has 0 unspecified atom stereocenters. The highest BCUT2D eigenvalue weighted by Crippen LogP contribution is 2.08. The fraction of sp³-hybridized carbons (Fsp3) is 1.00. The molecule has 0 bridgehead atoms. The Morgan fingerprint density at radius 1 is 0.875 bits per heavy atom. The van der Waals surface area contributed by atoms with Gasteiger partial charge in [-0.15, -0.1) is 0 Å². The summed E-state index contributed by atoms with van der Waals surface area (Å²) in [6.45, 7) is 6.65. The van der Waals surface area contributed by atoms with Crippen LogP contribution in [0.2, 0.25) is 0 Å². The third kappa shape index (κ3) is 5.80. The Morgan fingerprint density at radius 2 is 1.62 bits per heavy atom. The van der Waals surface area contributed by atoms with Crippen molar-refractivity contribution in [3.63, 3.8) is 0 Å². The molecule has 96 valence electrons. The minimum atomic E-state index is 0.214. The molecule has 4 heteroatoms. The maximum absolute atomic E-state index is 8.96. The van der Waals surface area contributed by atoms with E-state index < -0.39 is 0 Å². The molecule has 4 nitrogen and oxygen atoms in total. The summed E-state index contributed by atoms with van der Waals surface area (Å²) in [5, 5.41) is 17.8. The zero-order valence-electron chi connectivity index (χ0n) is 10.3. The van der Waals surface area contributed by atoms with Crippen LogP contribution >= 0.6 is 0 Å². The summed E-state index contributed by atoms with van der Waals surface area (Å²) in [6, 6.07) is 0. The molecular weight excluding hydrogens is 204 g/mol. The predicted octanol–water partition coefficient (Wildman–Crippen LogP) is 0.149. The van der Waals surface area contributed by atoms with E-state index >= 15 is 0 Å². The Labute approximate surface area is 98.9 Å². The Balaban J connectivity index is 2.14. The predicted molar refractivity (Wildman–Crippen MR) is 65.5 cm³/mol. The Hall–Kier alpha value is -0.160. The molecule has 0 aromatic rings. The fourth-order valence-electron chi connectivity index (χ4n) is 2.24. The summed E-state index contributed by atoms with van der Waals surface area (Å²) < 4.78 is 0. The first kappa shape index (κ1) is 13.9. The molecule has 1 saturated heterocycles. The van der Waals surface area contributed by atoms with Gasteiger partial charge in [-0.05, 0) is 32.4 Å². The van der Waals surface area contributed by atoms with Crippen molar-refractivity contribution in [1.82, 2.24) is 9.80 Å². The van der Waals surface area contributed by atoms with Crippen LogP contribution in [0.5, 0.6) is 0 Å². The summed E-state index contributed by atoms with van der Waals surface area (Å²) in [7, 11) is 0. The molecule has 2 N–H and O–H groups in total. The van der Waals surface area contributed by atoms with Crippen LogP contribution in [0.15, 0.2) is 0 Å². The van der Waals surface area contributed by atoms with E-state index in [2.05, 4.69) is 9.80 Å². The number of rotatable bonds is 8. The van der Waals surface area contributed by atoms with Gasteiger partial charge in [-0.25, -0.2) is 0 Å². The van der Waals surface area contributed by atoms with Crippen LogP contribution in [0.25, 0.3) is 0 Å². The monoisotopic (exact) mass is 230 g/mol. The van der Waals surface area contributed by atoms with Crippen molar-refractivity contribution in [2.45, 2.75) is 25.7 Å². The van der Waals surface area contributed by atoms with E-state index in [1.165, 1.54) is 32.4 Å². The van der Waals surface area contributed by atoms with Gasteiger partial charge in [-0.1, -0.05) is 6.42 Å². The zero-order valence-corrected chi connectivity index (χ0v) is 10.3. The third-order valence-electron chi connectivity index (χ3n) is 3.23. The van der Waals surface area contributed by atoms with E-state index in [-0.39, 0.29) is 13.2 Å². The van der Waals surface area contributed by atoms with Crippen molar-refractivity contribution >= 4 is 0 Å². The summed E-state index contributed by atoms with van der Waals surface area (Å²) >= 11 is 0. The summed E-state index contributed by atoms with van der Waals surface area (Å²) in [5.74, 6) is 0. The molecule has 16 heavy (non-hydrogen) atoms. The Morgan fingerprint density at radius 3 is 2.25 bits per heavy atom. The van der Waals surface area contributed by atoms with E-state index in [0.717, 1.165) is 32.6 Å². The van der Waals surface area contributed by atoms with E-state index in [9.17, 15) is 0 Å². The molecule has 1 fully saturated rings. The second-order valence-corrected chi connectivity index (χ2v) is 4.54. The fourth-order valence-corrected chi connectivity index (χ4v) is 2.24. The first-order chi connectivity index (χ1) is 7.86. The van der Waals surface area contributed by atoms with Crippen LogP contribution in [0.3, 0.4) is 0 Å². The van der Waals surface area contributed by atoms with E-state index in [0.29, 0.717) is 0 Å². The van der Waals surface area contributed by atoms with Gasteiger partial charge in [0.25, 0.3) is 0 Å². The number of piperidine rings is 1. The summed E-state index contributed by atoms with van der Waals surface area (Å²) in [4.78, 5) is 4.75. The second-order valence-electron chi connectivity index (χ2n) is 4.54. The van der Waals surface area contributed by atoms with Gasteiger partial charge < -0.3 is 15.1 Å². The van der Waals surface area contributed by atoms with Crippen molar-refractivity contribution < 1.29 is 10.2 Å². The van der Waals surface area contributed by atoms with Crippen LogP contribution in [-0.4, -0.2) is 72.5 Å². The topological polar surface area (TPSA) is 46.9 Å². The van der Waals surface area contributed by atoms with Crippen molar-refractivity contribution in [3.8, 4) is 0 Å². The van der Waals surface area contributed by atoms with Crippen molar-refractivity contribution in [1.29, 1.82) is 0 Å². The number of aliphatic hydroxyl groups is 2. The molecule has 1 heterocycles. The van der Waals surface area contributed by atoms with Gasteiger partial charge in [0.05, 0.1) is 6.61 Å². The minimum Gasteiger partial charge on any atom is -0.396 e. The molecule has 0 spiro atoms. The average molecular weight is 230 g/mol. The molecule has 1 aliphatic rings. The van der Waals surface area contributed by atoms with Gasteiger partial charge in [0.15, 0.2) is 0 Å². The van der Waals surface area contributed by atoms with E-state index in [1.54, 1.807) is 0 Å². The molecule has 0 aromatic heterocycles. The summed E-state index contributed by atoms with van der Waals surface area (Å²) in [5.41, 5.74) is 0. The molecule has 1 aliphatic heterocycles. The van der Waals surface area contributed by atoms with Gasteiger partial charge in [-0.3, -0.25) is 4.90 Å². The van der Waals surface area contributed by atoms with Crippen LogP contribution in [-0.2, 0) is 0 Å². The average Bonchev–Trinajstić information content (AvgIpc) is 2.34. The smallest absolute Gasteiger partial charge is 0.0558 e. The SMILES string of the molecule is OCCCN(CCO)CCN1CCCCC1. The Bertz CT molecular complexity index is 161. The molecule has 1 rings (SSSR count). The highest BCUT2D eigenvalue weighted by molar-refractivity contribution is 4.67. The maximum Gasteiger partial charge on any atom is 0.0558 e. The lowest BCUT2D eigenvalue weighted by molar-refractivity contribution is 0.148. The van der Waals surface area contributed by atoms with Crippen LogP contribution < -0.4 is 0 Å². The molecule has 0 atom stereocenters. The van der Waals surface area contributed by atoms with Crippen LogP contribution in [0.4, 0.5) is 0 Å². The lowest BCUT2D eigenvalue weighted by atomic mass is 10.1. The lowest BCUT2D eigenvalue weighted by Crippen LogP contribution is -2.39. The molecular formula is C12H26N2O2. The summed E-state index contributed by atoms with van der Waals surface area (Å²) in [6.07, 6.45) is 4.84.